The van der Waals surface area contributed by atoms with Crippen molar-refractivity contribution in [3.63, 3.8) is 0 Å². The van der Waals surface area contributed by atoms with E-state index in [0.29, 0.717) is 136 Å². The van der Waals surface area contributed by atoms with Crippen LogP contribution in [0.25, 0.3) is 48.6 Å². The van der Waals surface area contributed by atoms with Gasteiger partial charge in [0.05, 0.1) is 91.0 Å². The van der Waals surface area contributed by atoms with Gasteiger partial charge in [0.2, 0.25) is 0 Å². The minimum atomic E-state index is -5.35. The van der Waals surface area contributed by atoms with Gasteiger partial charge in [0.15, 0.2) is 0 Å². The molecule has 0 spiro atoms. The Balaban J connectivity index is 0.825. The molecule has 0 aliphatic carbocycles. The molecule has 6 aliphatic heterocycles. The molecule has 16 aromatic carbocycles. The molecule has 6 heterocycles. The van der Waals surface area contributed by atoms with E-state index in [1.807, 2.05) is 485 Å². The summed E-state index contributed by atoms with van der Waals surface area (Å²) in [7, 11) is -42.8. The topological polar surface area (TPSA) is 309 Å². The van der Waals surface area contributed by atoms with Gasteiger partial charge in [-0.05, 0) is 284 Å². The lowest BCUT2D eigenvalue weighted by Crippen LogP contribution is -2.87. The van der Waals surface area contributed by atoms with Crippen LogP contribution in [0.15, 0.2) is 564 Å². The lowest BCUT2D eigenvalue weighted by molar-refractivity contribution is -0.00564. The summed E-state index contributed by atoms with van der Waals surface area (Å²) in [4.78, 5) is 0. The second-order valence-corrected chi connectivity index (χ2v) is 55.9. The molecule has 36 heteroatoms. The Labute approximate surface area is 862 Å². The monoisotopic (exact) mass is 2070 g/mol. The molecule has 0 amide bonds. The molecule has 720 valence electrons. The van der Waals surface area contributed by atoms with Gasteiger partial charge in [-0.15, -0.1) is 0 Å². The van der Waals surface area contributed by atoms with Crippen LogP contribution in [0.1, 0.15) is 44.5 Å². The lowest BCUT2D eigenvalue weighted by Gasteiger charge is -2.60. The quantitative estimate of drug-likeness (QED) is 0.0281. The molecule has 6 aliphatic rings. The summed E-state index contributed by atoms with van der Waals surface area (Å²) in [5.74, 6) is 0. The summed E-state index contributed by atoms with van der Waals surface area (Å²) in [6.45, 7) is 0. The van der Waals surface area contributed by atoms with Crippen molar-refractivity contribution < 1.29 is 49.4 Å². The first kappa shape index (κ1) is 97.6. The Morgan fingerprint density at radius 3 is 0.270 bits per heavy atom. The molecule has 6 fully saturated rings. The van der Waals surface area contributed by atoms with Crippen LogP contribution in [0, 0.1) is 0 Å². The highest BCUT2D eigenvalue weighted by Crippen LogP contribution is 2.53. The van der Waals surface area contributed by atoms with E-state index < -0.39 is 70.4 Å². The van der Waals surface area contributed by atoms with E-state index >= 15 is 0 Å². The maximum atomic E-state index is 8.47. The van der Waals surface area contributed by atoms with Crippen LogP contribution in [0.5, 0.6) is 0 Å². The van der Waals surface area contributed by atoms with Gasteiger partial charge in [-0.25, -0.2) is 0 Å². The standard InChI is InChI=1S/C112H88N16O12Si8/c1-9-25-97(26-10-1)113-121-105-57-41-89(42-58-105)73-81-141-129-142(82-74-90-43-59-106(60-44-90)122-114-98-27-11-2-12-28-98)132-145(85-77-93-49-65-109(66-50-93)125-117-101-33-17-5-18-34-101)134-143(130-141,83-75-91-45-61-107(62-46-91)123-115-99-29-13-3-14-30-99)136-147(87-79-95-53-69-111(70-54-95)127-119-103-37-21-7-22-38-103)137-144(131-141,84-76-92-47-63-108(64-48-92)124-116-100-31-15-4-16-32-100)135-146(133-142,86-78-94-51-67-110(68-52-94)126-118-102-35-19-6-20-36-102)139-148(138-145,140-147)88-80-96-55-71-112(72-56-96)128-120-104-39-23-8-24-40-104/h1-88H. The third-order valence-electron chi connectivity index (χ3n) is 22.7. The van der Waals surface area contributed by atoms with Crippen molar-refractivity contribution in [3.05, 3.63) is 527 Å². The summed E-state index contributed by atoms with van der Waals surface area (Å²) < 4.78 is 102. The molecule has 0 radical (unpaired) electrons. The Kier molecular flexibility index (Phi) is 29.9. The highest BCUT2D eigenvalue weighted by molar-refractivity contribution is 7.08. The van der Waals surface area contributed by atoms with Crippen LogP contribution in [-0.4, -0.2) is 70.4 Å². The Hall–Kier alpha value is -16.5. The predicted molar refractivity (Wildman–Crippen MR) is 588 cm³/mol. The molecular weight excluding hydrogens is 1990 g/mol. The van der Waals surface area contributed by atoms with Gasteiger partial charge in [-0.3, -0.25) is 0 Å². The highest BCUT2D eigenvalue weighted by atomic mass is 28.6. The molecular formula is C112H88N16O12Si8. The largest absolute Gasteiger partial charge is 0.508 e. The van der Waals surface area contributed by atoms with Crippen LogP contribution in [0.3, 0.4) is 0 Å². The summed E-state index contributed by atoms with van der Waals surface area (Å²) in [5, 5.41) is 73.7. The molecule has 16 aromatic rings. The second kappa shape index (κ2) is 45.4. The van der Waals surface area contributed by atoms with Crippen molar-refractivity contribution in [1.29, 1.82) is 0 Å². The first-order valence-corrected chi connectivity index (χ1v) is 61.6. The minimum absolute atomic E-state index is 0.558. The van der Waals surface area contributed by atoms with Gasteiger partial charge in [0.1, 0.15) is 0 Å². The zero-order valence-corrected chi connectivity index (χ0v) is 86.9. The van der Waals surface area contributed by atoms with Crippen molar-refractivity contribution >= 4 is 210 Å². The number of rotatable bonds is 32. The maximum absolute atomic E-state index is 8.47. The Morgan fingerprint density at radius 2 is 0.182 bits per heavy atom. The van der Waals surface area contributed by atoms with E-state index in [1.54, 1.807) is 45.6 Å². The van der Waals surface area contributed by atoms with Gasteiger partial charge in [-0.1, -0.05) is 291 Å². The number of hydrogen-bond acceptors (Lipinski definition) is 28. The van der Waals surface area contributed by atoms with Crippen LogP contribution in [-0.2, 0) is 49.4 Å². The van der Waals surface area contributed by atoms with Gasteiger partial charge in [-0.2, -0.15) is 81.8 Å². The zero-order chi connectivity index (χ0) is 99.9. The number of nitrogens with zero attached hydrogens (tertiary/aromatic N) is 16. The number of azo groups is 8. The highest BCUT2D eigenvalue weighted by Gasteiger charge is 2.82. The van der Waals surface area contributed by atoms with Crippen LogP contribution >= 0.6 is 0 Å². The second-order valence-electron chi connectivity index (χ2n) is 33.7. The van der Waals surface area contributed by atoms with E-state index in [9.17, 15) is 0 Å². The molecule has 22 rings (SSSR count). The molecule has 148 heavy (non-hydrogen) atoms. The molecule has 6 saturated heterocycles. The average Bonchev–Trinajstić information content (AvgIpc) is 0.682. The van der Waals surface area contributed by atoms with Crippen molar-refractivity contribution in [2.45, 2.75) is 0 Å². The van der Waals surface area contributed by atoms with E-state index in [-0.39, 0.29) is 0 Å². The molecule has 0 atom stereocenters. The zero-order valence-electron chi connectivity index (χ0n) is 78.9. The number of hydrogen-bond donors (Lipinski definition) is 0. The molecule has 0 aromatic heterocycles. The van der Waals surface area contributed by atoms with Gasteiger partial charge in [0, 0.05) is 0 Å². The summed E-state index contributed by atoms with van der Waals surface area (Å²) in [6.07, 6.45) is 14.6. The van der Waals surface area contributed by atoms with Crippen LogP contribution in [0.4, 0.5) is 91.0 Å². The molecule has 0 saturated carbocycles. The molecule has 0 unspecified atom stereocenters. The summed E-state index contributed by atoms with van der Waals surface area (Å²) in [5.41, 5.74) is 28.7. The third-order valence-corrected chi connectivity index (χ3v) is 54.6. The first-order valence-electron chi connectivity index (χ1n) is 47.2. The van der Waals surface area contributed by atoms with Crippen molar-refractivity contribution in [2.75, 3.05) is 0 Å². The van der Waals surface area contributed by atoms with Crippen molar-refractivity contribution in [3.8, 4) is 0 Å². The molecule has 8 bridgehead atoms. The van der Waals surface area contributed by atoms with E-state index in [2.05, 4.69) is 81.8 Å². The normalized spacial score (nSPS) is 22.6. The van der Waals surface area contributed by atoms with E-state index in [1.165, 1.54) is 0 Å². The minimum Gasteiger partial charge on any atom is -0.367 e. The van der Waals surface area contributed by atoms with Gasteiger partial charge < -0.3 is 49.4 Å². The van der Waals surface area contributed by atoms with Gasteiger partial charge in [0.25, 0.3) is 0 Å². The van der Waals surface area contributed by atoms with Crippen LogP contribution < -0.4 is 0 Å². The van der Waals surface area contributed by atoms with Crippen molar-refractivity contribution in [2.24, 2.45) is 81.8 Å². The summed E-state index contributed by atoms with van der Waals surface area (Å²) >= 11 is 0. The molecule has 28 nitrogen and oxygen atoms in total. The smallest absolute Gasteiger partial charge is 0.367 e. The van der Waals surface area contributed by atoms with E-state index in [0.717, 1.165) is 0 Å². The number of benzene rings is 16. The SMILES string of the molecule is C(=C[Si]12O[Si]3(C=Cc4ccc(N=Nc5ccccc5)cc4)O[Si]4(C=Cc5ccc(N=Nc6ccccc6)cc5)O[Si](C=Cc5ccc(N=Nc6ccccc6)cc5)(O1)O[Si]1(C=Cc5ccc(N=Nc6ccccc6)cc5)O[Si](C=Cc5ccc(N=Nc6ccccc6)cc5)(O2)O[Si](C=Cc2ccc(N=Nc5ccccc5)cc2)(O3)O[Si](C=Cc2ccc(N=Nc3ccccc3)cc2)(O4)O1)c1ccc(N=Nc2ccccc2)cc1. The van der Waals surface area contributed by atoms with Gasteiger partial charge >= 0.3 is 70.4 Å². The van der Waals surface area contributed by atoms with Crippen LogP contribution in [0.2, 0.25) is 0 Å². The fourth-order valence-corrected chi connectivity index (χ4v) is 57.1. The molecule has 0 N–H and O–H groups in total. The third kappa shape index (κ3) is 25.9. The fraction of sp³-hybridized carbons (Fsp3) is 0. The Bertz CT molecular complexity index is 6360. The van der Waals surface area contributed by atoms with Crippen molar-refractivity contribution in [1.82, 2.24) is 0 Å². The Morgan fingerprint density at radius 1 is 0.101 bits per heavy atom. The lowest BCUT2D eigenvalue weighted by atomic mass is 10.2. The van der Waals surface area contributed by atoms with E-state index in [4.69, 9.17) is 49.4 Å². The summed E-state index contributed by atoms with van der Waals surface area (Å²) in [6, 6.07) is 136. The fourth-order valence-electron chi connectivity index (χ4n) is 15.4. The first-order chi connectivity index (χ1) is 72.7. The predicted octanol–water partition coefficient (Wildman–Crippen LogP) is 33.1. The average molecular weight is 2070 g/mol. The maximum Gasteiger partial charge on any atom is 0.508 e.